The minimum Gasteiger partial charge on any atom is -0.505 e. The SMILES string of the molecule is O=C(CO)c1ncc(C(=O)N(Cc2ccccc2)Cc2ccccc2)c(CO)c1O. The first kappa shape index (κ1) is 21.2. The number of pyridine rings is 1. The van der Waals surface area contributed by atoms with Crippen LogP contribution in [0.4, 0.5) is 0 Å². The summed E-state index contributed by atoms with van der Waals surface area (Å²) in [4.78, 5) is 30.6. The van der Waals surface area contributed by atoms with Gasteiger partial charge in [0.05, 0.1) is 12.2 Å². The van der Waals surface area contributed by atoms with Crippen molar-refractivity contribution in [3.63, 3.8) is 0 Å². The predicted octanol–water partition coefficient (Wildman–Crippen LogP) is 2.30. The average molecular weight is 406 g/mol. The third-order valence-corrected chi connectivity index (χ3v) is 4.67. The summed E-state index contributed by atoms with van der Waals surface area (Å²) in [6.45, 7) is -0.895. The van der Waals surface area contributed by atoms with E-state index in [0.29, 0.717) is 13.1 Å². The number of Topliss-reactive ketones (excluding diaryl/α,β-unsaturated/α-hetero) is 1. The highest BCUT2D eigenvalue weighted by Crippen LogP contribution is 2.27. The van der Waals surface area contributed by atoms with Crippen molar-refractivity contribution in [3.05, 3.63) is 94.8 Å². The molecule has 0 radical (unpaired) electrons. The van der Waals surface area contributed by atoms with E-state index < -0.39 is 30.7 Å². The number of carbonyl (C=O) groups is 2. The zero-order valence-electron chi connectivity index (χ0n) is 16.2. The number of aliphatic hydroxyl groups is 2. The minimum atomic E-state index is -0.840. The van der Waals surface area contributed by atoms with Crippen LogP contribution in [0.15, 0.2) is 66.9 Å². The fourth-order valence-electron chi connectivity index (χ4n) is 3.14. The Morgan fingerprint density at radius 1 is 0.867 bits per heavy atom. The fourth-order valence-corrected chi connectivity index (χ4v) is 3.14. The van der Waals surface area contributed by atoms with Gasteiger partial charge in [-0.15, -0.1) is 0 Å². The van der Waals surface area contributed by atoms with Crippen LogP contribution in [-0.4, -0.2) is 43.5 Å². The molecule has 0 bridgehead atoms. The van der Waals surface area contributed by atoms with Crippen molar-refractivity contribution in [3.8, 4) is 5.75 Å². The molecule has 0 fully saturated rings. The molecule has 1 heterocycles. The molecule has 7 nitrogen and oxygen atoms in total. The highest BCUT2D eigenvalue weighted by Gasteiger charge is 2.25. The first-order chi connectivity index (χ1) is 14.5. The number of hydrogen-bond donors (Lipinski definition) is 3. The number of nitrogens with zero attached hydrogens (tertiary/aromatic N) is 2. The highest BCUT2D eigenvalue weighted by molar-refractivity contribution is 6.01. The van der Waals surface area contributed by atoms with Crippen LogP contribution in [-0.2, 0) is 19.7 Å². The second kappa shape index (κ2) is 9.78. The Bertz CT molecular complexity index is 981. The summed E-state index contributed by atoms with van der Waals surface area (Å²) >= 11 is 0. The monoisotopic (exact) mass is 406 g/mol. The molecule has 3 aromatic rings. The van der Waals surface area contributed by atoms with E-state index >= 15 is 0 Å². The standard InChI is InChI=1S/C23H22N2O5/c26-14-19-18(11-24-21(22(19)29)20(28)15-27)23(30)25(12-16-7-3-1-4-8-16)13-17-9-5-2-6-10-17/h1-11,26-27,29H,12-15H2. The van der Waals surface area contributed by atoms with E-state index in [-0.39, 0.29) is 16.8 Å². The van der Waals surface area contributed by atoms with Gasteiger partial charge in [-0.05, 0) is 11.1 Å². The Labute approximate surface area is 173 Å². The molecule has 1 aromatic heterocycles. The third kappa shape index (κ3) is 4.71. The zero-order valence-corrected chi connectivity index (χ0v) is 16.2. The number of carbonyl (C=O) groups excluding carboxylic acids is 2. The number of amides is 1. The van der Waals surface area contributed by atoms with Gasteiger partial charge < -0.3 is 20.2 Å². The van der Waals surface area contributed by atoms with E-state index in [9.17, 15) is 19.8 Å². The lowest BCUT2D eigenvalue weighted by Gasteiger charge is -2.24. The number of aromatic hydroxyl groups is 1. The van der Waals surface area contributed by atoms with Gasteiger partial charge in [-0.2, -0.15) is 0 Å². The number of aliphatic hydroxyl groups excluding tert-OH is 2. The second-order valence-corrected chi connectivity index (χ2v) is 6.72. The van der Waals surface area contributed by atoms with E-state index in [0.717, 1.165) is 17.3 Å². The normalized spacial score (nSPS) is 10.6. The van der Waals surface area contributed by atoms with E-state index in [1.54, 1.807) is 4.90 Å². The maximum Gasteiger partial charge on any atom is 0.256 e. The van der Waals surface area contributed by atoms with E-state index in [2.05, 4.69) is 4.98 Å². The molecule has 1 amide bonds. The molecule has 0 aliphatic rings. The van der Waals surface area contributed by atoms with Crippen molar-refractivity contribution in [2.24, 2.45) is 0 Å². The third-order valence-electron chi connectivity index (χ3n) is 4.67. The quantitative estimate of drug-likeness (QED) is 0.495. The van der Waals surface area contributed by atoms with E-state index in [1.165, 1.54) is 0 Å². The molecule has 0 aliphatic heterocycles. The number of benzene rings is 2. The smallest absolute Gasteiger partial charge is 0.256 e. The van der Waals surface area contributed by atoms with Gasteiger partial charge in [0.25, 0.3) is 5.91 Å². The summed E-state index contributed by atoms with van der Waals surface area (Å²) in [5.74, 6) is -1.84. The average Bonchev–Trinajstić information content (AvgIpc) is 2.78. The molecule has 0 saturated carbocycles. The number of ketones is 1. The van der Waals surface area contributed by atoms with Gasteiger partial charge in [-0.1, -0.05) is 60.7 Å². The van der Waals surface area contributed by atoms with Crippen molar-refractivity contribution in [2.45, 2.75) is 19.7 Å². The molecule has 30 heavy (non-hydrogen) atoms. The minimum absolute atomic E-state index is 0.00338. The Balaban J connectivity index is 1.99. The highest BCUT2D eigenvalue weighted by atomic mass is 16.3. The molecule has 0 aliphatic carbocycles. The van der Waals surface area contributed by atoms with E-state index in [1.807, 2.05) is 60.7 Å². The summed E-state index contributed by atoms with van der Waals surface area (Å²) in [7, 11) is 0. The van der Waals surface area contributed by atoms with Crippen LogP contribution in [0.5, 0.6) is 5.75 Å². The lowest BCUT2D eigenvalue weighted by atomic mass is 10.0. The predicted molar refractivity (Wildman–Crippen MR) is 110 cm³/mol. The van der Waals surface area contributed by atoms with Crippen LogP contribution in [0.2, 0.25) is 0 Å². The van der Waals surface area contributed by atoms with Gasteiger partial charge in [0.1, 0.15) is 6.61 Å². The lowest BCUT2D eigenvalue weighted by Crippen LogP contribution is -2.31. The number of rotatable bonds is 8. The summed E-state index contributed by atoms with van der Waals surface area (Å²) in [5, 5.41) is 29.1. The summed E-state index contributed by atoms with van der Waals surface area (Å²) in [6.07, 6.45) is 1.15. The Morgan fingerprint density at radius 3 is 1.87 bits per heavy atom. The lowest BCUT2D eigenvalue weighted by molar-refractivity contribution is 0.0724. The van der Waals surface area contributed by atoms with Crippen molar-refractivity contribution in [1.82, 2.24) is 9.88 Å². The number of hydrogen-bond acceptors (Lipinski definition) is 6. The van der Waals surface area contributed by atoms with Gasteiger partial charge in [0.2, 0.25) is 5.78 Å². The molecule has 154 valence electrons. The largest absolute Gasteiger partial charge is 0.505 e. The van der Waals surface area contributed by atoms with Crippen LogP contribution >= 0.6 is 0 Å². The molecular formula is C23H22N2O5. The van der Waals surface area contributed by atoms with Gasteiger partial charge in [0, 0.05) is 24.8 Å². The maximum atomic E-state index is 13.4. The molecule has 7 heteroatoms. The van der Waals surface area contributed by atoms with Crippen LogP contribution in [0, 0.1) is 0 Å². The Morgan fingerprint density at radius 2 is 1.40 bits per heavy atom. The van der Waals surface area contributed by atoms with Crippen molar-refractivity contribution >= 4 is 11.7 Å². The fraction of sp³-hybridized carbons (Fsp3) is 0.174. The van der Waals surface area contributed by atoms with Gasteiger partial charge >= 0.3 is 0 Å². The topological polar surface area (TPSA) is 111 Å². The van der Waals surface area contributed by atoms with Crippen molar-refractivity contribution < 1.29 is 24.9 Å². The summed E-state index contributed by atoms with van der Waals surface area (Å²) < 4.78 is 0. The first-order valence-corrected chi connectivity index (χ1v) is 9.38. The summed E-state index contributed by atoms with van der Waals surface area (Å²) in [5.41, 5.74) is 1.35. The molecule has 0 saturated heterocycles. The van der Waals surface area contributed by atoms with Crippen molar-refractivity contribution in [2.75, 3.05) is 6.61 Å². The molecule has 2 aromatic carbocycles. The molecule has 3 N–H and O–H groups in total. The number of aromatic nitrogens is 1. The van der Waals surface area contributed by atoms with Gasteiger partial charge in [-0.25, -0.2) is 4.98 Å². The van der Waals surface area contributed by atoms with Crippen molar-refractivity contribution in [1.29, 1.82) is 0 Å². The van der Waals surface area contributed by atoms with Gasteiger partial charge in [0.15, 0.2) is 11.4 Å². The maximum absolute atomic E-state index is 13.4. The first-order valence-electron chi connectivity index (χ1n) is 9.38. The second-order valence-electron chi connectivity index (χ2n) is 6.72. The zero-order chi connectivity index (χ0) is 21.5. The van der Waals surface area contributed by atoms with Crippen LogP contribution < -0.4 is 0 Å². The molecule has 3 rings (SSSR count). The van der Waals surface area contributed by atoms with Crippen LogP contribution in [0.3, 0.4) is 0 Å². The molecule has 0 unspecified atom stereocenters. The summed E-state index contributed by atoms with van der Waals surface area (Å²) in [6, 6.07) is 18.9. The Kier molecular flexibility index (Phi) is 6.90. The molecular weight excluding hydrogens is 384 g/mol. The van der Waals surface area contributed by atoms with E-state index in [4.69, 9.17) is 5.11 Å². The Hall–Kier alpha value is -3.55. The van der Waals surface area contributed by atoms with Gasteiger partial charge in [-0.3, -0.25) is 9.59 Å². The molecule has 0 atom stereocenters. The van der Waals surface area contributed by atoms with Crippen LogP contribution in [0.25, 0.3) is 0 Å². The van der Waals surface area contributed by atoms with Crippen LogP contribution in [0.1, 0.15) is 37.5 Å². The molecule has 0 spiro atoms.